The van der Waals surface area contributed by atoms with Crippen molar-refractivity contribution in [2.24, 2.45) is 0 Å². The quantitative estimate of drug-likeness (QED) is 0.642. The summed E-state index contributed by atoms with van der Waals surface area (Å²) in [7, 11) is 0. The third-order valence-electron chi connectivity index (χ3n) is 2.86. The molecular formula is C15H16ClNS. The van der Waals surface area contributed by atoms with Gasteiger partial charge in [0.1, 0.15) is 0 Å². The van der Waals surface area contributed by atoms with E-state index in [4.69, 9.17) is 17.3 Å². The highest BCUT2D eigenvalue weighted by molar-refractivity contribution is 7.98. The van der Waals surface area contributed by atoms with Gasteiger partial charge in [-0.1, -0.05) is 35.4 Å². The molecule has 0 atom stereocenters. The van der Waals surface area contributed by atoms with E-state index in [1.165, 1.54) is 16.7 Å². The Morgan fingerprint density at radius 2 is 1.89 bits per heavy atom. The maximum Gasteiger partial charge on any atom is 0.0453 e. The number of hydrogen-bond donors (Lipinski definition) is 1. The van der Waals surface area contributed by atoms with Crippen LogP contribution in [0.5, 0.6) is 0 Å². The SMILES string of the molecule is Cc1ccc(C)c(CSc2cc(Cl)ccc2N)c1. The second-order valence-corrected chi connectivity index (χ2v) is 5.85. The van der Waals surface area contributed by atoms with Crippen LogP contribution in [-0.2, 0) is 5.75 Å². The van der Waals surface area contributed by atoms with E-state index in [1.54, 1.807) is 11.8 Å². The lowest BCUT2D eigenvalue weighted by Gasteiger charge is -2.09. The summed E-state index contributed by atoms with van der Waals surface area (Å²) in [6, 6.07) is 12.1. The molecule has 94 valence electrons. The third-order valence-corrected chi connectivity index (χ3v) is 4.22. The van der Waals surface area contributed by atoms with E-state index < -0.39 is 0 Å². The largest absolute Gasteiger partial charge is 0.398 e. The smallest absolute Gasteiger partial charge is 0.0453 e. The van der Waals surface area contributed by atoms with Gasteiger partial charge in [-0.05, 0) is 43.2 Å². The van der Waals surface area contributed by atoms with Crippen molar-refractivity contribution in [2.75, 3.05) is 5.73 Å². The van der Waals surface area contributed by atoms with Gasteiger partial charge in [0.25, 0.3) is 0 Å². The van der Waals surface area contributed by atoms with Crippen molar-refractivity contribution in [3.8, 4) is 0 Å². The van der Waals surface area contributed by atoms with Gasteiger partial charge >= 0.3 is 0 Å². The highest BCUT2D eigenvalue weighted by Gasteiger charge is 2.04. The zero-order valence-electron chi connectivity index (χ0n) is 10.5. The standard InChI is InChI=1S/C15H16ClNS/c1-10-3-4-11(2)12(7-10)9-18-15-8-13(16)5-6-14(15)17/h3-8H,9,17H2,1-2H3. The lowest BCUT2D eigenvalue weighted by Crippen LogP contribution is -1.91. The molecule has 1 nitrogen and oxygen atoms in total. The number of nitrogen functional groups attached to an aromatic ring is 1. The van der Waals surface area contributed by atoms with E-state index >= 15 is 0 Å². The summed E-state index contributed by atoms with van der Waals surface area (Å²) in [4.78, 5) is 1.04. The molecule has 2 N–H and O–H groups in total. The molecule has 0 spiro atoms. The molecule has 0 saturated heterocycles. The predicted octanol–water partition coefficient (Wildman–Crippen LogP) is 4.83. The molecular weight excluding hydrogens is 262 g/mol. The second kappa shape index (κ2) is 5.68. The zero-order valence-corrected chi connectivity index (χ0v) is 12.1. The van der Waals surface area contributed by atoms with Gasteiger partial charge < -0.3 is 5.73 Å². The normalized spacial score (nSPS) is 10.6. The van der Waals surface area contributed by atoms with E-state index in [2.05, 4.69) is 32.0 Å². The molecule has 2 aromatic carbocycles. The van der Waals surface area contributed by atoms with Crippen LogP contribution >= 0.6 is 23.4 Å². The number of nitrogens with two attached hydrogens (primary N) is 1. The summed E-state index contributed by atoms with van der Waals surface area (Å²) in [5.74, 6) is 0.915. The molecule has 0 bridgehead atoms. The molecule has 0 amide bonds. The summed E-state index contributed by atoms with van der Waals surface area (Å²) in [5.41, 5.74) is 10.7. The Morgan fingerprint density at radius 3 is 2.67 bits per heavy atom. The minimum absolute atomic E-state index is 0.729. The molecule has 3 heteroatoms. The fourth-order valence-electron chi connectivity index (χ4n) is 1.74. The molecule has 0 saturated carbocycles. The van der Waals surface area contributed by atoms with Crippen LogP contribution in [0.15, 0.2) is 41.3 Å². The van der Waals surface area contributed by atoms with E-state index in [-0.39, 0.29) is 0 Å². The maximum atomic E-state index is 5.99. The van der Waals surface area contributed by atoms with Gasteiger partial charge in [0.15, 0.2) is 0 Å². The average Bonchev–Trinajstić information content (AvgIpc) is 2.34. The predicted molar refractivity (Wildman–Crippen MR) is 81.3 cm³/mol. The van der Waals surface area contributed by atoms with Crippen molar-refractivity contribution in [1.82, 2.24) is 0 Å². The van der Waals surface area contributed by atoms with Crippen molar-refractivity contribution >= 4 is 29.1 Å². The minimum Gasteiger partial charge on any atom is -0.398 e. The van der Waals surface area contributed by atoms with Crippen molar-refractivity contribution < 1.29 is 0 Å². The van der Waals surface area contributed by atoms with Gasteiger partial charge in [0.05, 0.1) is 0 Å². The lowest BCUT2D eigenvalue weighted by atomic mass is 10.1. The van der Waals surface area contributed by atoms with Crippen molar-refractivity contribution in [3.63, 3.8) is 0 Å². The lowest BCUT2D eigenvalue weighted by molar-refractivity contribution is 1.27. The van der Waals surface area contributed by atoms with Crippen LogP contribution in [-0.4, -0.2) is 0 Å². The number of aryl methyl sites for hydroxylation is 2. The minimum atomic E-state index is 0.729. The number of benzene rings is 2. The van der Waals surface area contributed by atoms with Crippen LogP contribution in [0.4, 0.5) is 5.69 Å². The van der Waals surface area contributed by atoms with Crippen molar-refractivity contribution in [2.45, 2.75) is 24.5 Å². The molecule has 0 aromatic heterocycles. The van der Waals surface area contributed by atoms with Crippen LogP contribution in [0, 0.1) is 13.8 Å². The summed E-state index contributed by atoms with van der Waals surface area (Å²) in [6.45, 7) is 4.25. The number of thioether (sulfide) groups is 1. The van der Waals surface area contributed by atoms with Gasteiger partial charge in [-0.3, -0.25) is 0 Å². The van der Waals surface area contributed by atoms with E-state index in [0.717, 1.165) is 21.4 Å². The summed E-state index contributed by atoms with van der Waals surface area (Å²) in [5, 5.41) is 0.729. The van der Waals surface area contributed by atoms with Crippen molar-refractivity contribution in [1.29, 1.82) is 0 Å². The Labute approximate surface area is 117 Å². The monoisotopic (exact) mass is 277 g/mol. The molecule has 0 unspecified atom stereocenters. The molecule has 2 rings (SSSR count). The molecule has 0 aliphatic heterocycles. The Kier molecular flexibility index (Phi) is 4.20. The molecule has 0 fully saturated rings. The fraction of sp³-hybridized carbons (Fsp3) is 0.200. The molecule has 0 heterocycles. The highest BCUT2D eigenvalue weighted by atomic mass is 35.5. The van der Waals surface area contributed by atoms with E-state index in [9.17, 15) is 0 Å². The van der Waals surface area contributed by atoms with E-state index in [0.29, 0.717) is 0 Å². The Morgan fingerprint density at radius 1 is 1.11 bits per heavy atom. The van der Waals surface area contributed by atoms with Gasteiger partial charge in [-0.15, -0.1) is 11.8 Å². The number of anilines is 1. The summed E-state index contributed by atoms with van der Waals surface area (Å²) < 4.78 is 0. The highest BCUT2D eigenvalue weighted by Crippen LogP contribution is 2.31. The van der Waals surface area contributed by atoms with Gasteiger partial charge in [-0.25, -0.2) is 0 Å². The Hall–Kier alpha value is -1.12. The van der Waals surface area contributed by atoms with Crippen LogP contribution in [0.3, 0.4) is 0 Å². The summed E-state index contributed by atoms with van der Waals surface area (Å²) >= 11 is 7.71. The van der Waals surface area contributed by atoms with Crippen LogP contribution < -0.4 is 5.73 Å². The maximum absolute atomic E-state index is 5.99. The van der Waals surface area contributed by atoms with Gasteiger partial charge in [0.2, 0.25) is 0 Å². The first-order chi connectivity index (χ1) is 8.56. The third kappa shape index (κ3) is 3.21. The number of rotatable bonds is 3. The molecule has 0 radical (unpaired) electrons. The first-order valence-corrected chi connectivity index (χ1v) is 7.16. The first kappa shape index (κ1) is 13.3. The second-order valence-electron chi connectivity index (χ2n) is 4.40. The summed E-state index contributed by atoms with van der Waals surface area (Å²) in [6.07, 6.45) is 0. The van der Waals surface area contributed by atoms with Gasteiger partial charge in [-0.2, -0.15) is 0 Å². The number of hydrogen-bond acceptors (Lipinski definition) is 2. The average molecular weight is 278 g/mol. The number of halogens is 1. The van der Waals surface area contributed by atoms with Crippen LogP contribution in [0.25, 0.3) is 0 Å². The van der Waals surface area contributed by atoms with Crippen LogP contribution in [0.2, 0.25) is 5.02 Å². The molecule has 18 heavy (non-hydrogen) atoms. The van der Waals surface area contributed by atoms with E-state index in [1.807, 2.05) is 18.2 Å². The van der Waals surface area contributed by atoms with Crippen molar-refractivity contribution in [3.05, 3.63) is 58.1 Å². The Balaban J connectivity index is 2.16. The topological polar surface area (TPSA) is 26.0 Å². The zero-order chi connectivity index (χ0) is 13.1. The Bertz CT molecular complexity index is 515. The van der Waals surface area contributed by atoms with Crippen LogP contribution in [0.1, 0.15) is 16.7 Å². The molecule has 0 aliphatic rings. The molecule has 2 aromatic rings. The molecule has 0 aliphatic carbocycles. The first-order valence-electron chi connectivity index (χ1n) is 5.80. The fourth-order valence-corrected chi connectivity index (χ4v) is 3.05. The van der Waals surface area contributed by atoms with Gasteiger partial charge in [0, 0.05) is 21.4 Å².